The van der Waals surface area contributed by atoms with E-state index in [4.69, 9.17) is 9.15 Å². The van der Waals surface area contributed by atoms with Gasteiger partial charge in [-0.1, -0.05) is 12.0 Å². The van der Waals surface area contributed by atoms with E-state index < -0.39 is 0 Å². The first kappa shape index (κ1) is 13.9. The maximum atomic E-state index is 5.55. The monoisotopic (exact) mass is 242 g/mol. The summed E-state index contributed by atoms with van der Waals surface area (Å²) >= 11 is 0. The first-order valence-corrected chi connectivity index (χ1v) is 5.93. The highest BCUT2D eigenvalue weighted by atomic mass is 16.5. The molecule has 0 bridgehead atoms. The minimum absolute atomic E-state index is 0.393. The molecular formula is C11H22N4O2. The van der Waals surface area contributed by atoms with Crippen LogP contribution in [0.4, 0.5) is 6.01 Å². The van der Waals surface area contributed by atoms with Crippen LogP contribution in [0.1, 0.15) is 26.2 Å². The third kappa shape index (κ3) is 4.32. The number of rotatable bonds is 8. The van der Waals surface area contributed by atoms with Gasteiger partial charge in [0.05, 0.1) is 13.2 Å². The number of anilines is 1. The molecule has 0 amide bonds. The van der Waals surface area contributed by atoms with Crippen molar-refractivity contribution in [2.45, 2.75) is 32.9 Å². The Morgan fingerprint density at radius 3 is 2.88 bits per heavy atom. The minimum Gasteiger partial charge on any atom is -0.407 e. The van der Waals surface area contributed by atoms with Crippen molar-refractivity contribution >= 4 is 6.01 Å². The van der Waals surface area contributed by atoms with Crippen molar-refractivity contribution in [1.29, 1.82) is 0 Å². The van der Waals surface area contributed by atoms with Gasteiger partial charge in [0.15, 0.2) is 0 Å². The maximum Gasteiger partial charge on any atom is 0.318 e. The number of hydrogen-bond donors (Lipinski definition) is 1. The molecule has 0 aliphatic carbocycles. The predicted octanol–water partition coefficient (Wildman–Crippen LogP) is 1.04. The van der Waals surface area contributed by atoms with Crippen LogP contribution in [-0.4, -0.2) is 43.5 Å². The van der Waals surface area contributed by atoms with E-state index in [9.17, 15) is 0 Å². The predicted molar refractivity (Wildman–Crippen MR) is 66.0 cm³/mol. The zero-order valence-corrected chi connectivity index (χ0v) is 11.1. The fourth-order valence-electron chi connectivity index (χ4n) is 1.29. The lowest BCUT2D eigenvalue weighted by molar-refractivity contribution is 0.198. The molecule has 0 aliphatic rings. The number of nitrogens with one attached hydrogen (secondary N) is 1. The SMILES string of the molecule is CCC(C)N(C)c1nnc(CNCCOC)o1. The Bertz CT molecular complexity index is 316. The first-order chi connectivity index (χ1) is 8.19. The van der Waals surface area contributed by atoms with Gasteiger partial charge in [-0.05, 0) is 13.3 Å². The third-order valence-electron chi connectivity index (χ3n) is 2.77. The molecule has 0 aromatic carbocycles. The normalized spacial score (nSPS) is 12.7. The second-order valence-corrected chi connectivity index (χ2v) is 4.02. The van der Waals surface area contributed by atoms with E-state index in [1.807, 2.05) is 11.9 Å². The summed E-state index contributed by atoms with van der Waals surface area (Å²) in [5, 5.41) is 11.2. The molecule has 6 nitrogen and oxygen atoms in total. The van der Waals surface area contributed by atoms with Gasteiger partial charge < -0.3 is 19.4 Å². The van der Waals surface area contributed by atoms with Crippen molar-refractivity contribution in [3.63, 3.8) is 0 Å². The topological polar surface area (TPSA) is 63.4 Å². The maximum absolute atomic E-state index is 5.55. The summed E-state index contributed by atoms with van der Waals surface area (Å²) in [4.78, 5) is 1.99. The Morgan fingerprint density at radius 2 is 2.24 bits per heavy atom. The van der Waals surface area contributed by atoms with Crippen LogP contribution < -0.4 is 10.2 Å². The van der Waals surface area contributed by atoms with Gasteiger partial charge in [0, 0.05) is 26.7 Å². The van der Waals surface area contributed by atoms with Crippen LogP contribution >= 0.6 is 0 Å². The smallest absolute Gasteiger partial charge is 0.318 e. The van der Waals surface area contributed by atoms with E-state index in [0.29, 0.717) is 31.1 Å². The zero-order chi connectivity index (χ0) is 12.7. The van der Waals surface area contributed by atoms with Crippen LogP contribution in [0.5, 0.6) is 0 Å². The third-order valence-corrected chi connectivity index (χ3v) is 2.77. The number of ether oxygens (including phenoxy) is 1. The van der Waals surface area contributed by atoms with Crippen molar-refractivity contribution < 1.29 is 9.15 Å². The Labute approximate surface area is 102 Å². The number of nitrogens with zero attached hydrogens (tertiary/aromatic N) is 3. The van der Waals surface area contributed by atoms with E-state index in [1.165, 1.54) is 0 Å². The summed E-state index contributed by atoms with van der Waals surface area (Å²) in [6, 6.07) is 0.965. The van der Waals surface area contributed by atoms with Gasteiger partial charge in [-0.3, -0.25) is 0 Å². The molecule has 0 saturated carbocycles. The molecule has 1 atom stereocenters. The van der Waals surface area contributed by atoms with Crippen LogP contribution in [0.25, 0.3) is 0 Å². The van der Waals surface area contributed by atoms with E-state index >= 15 is 0 Å². The highest BCUT2D eigenvalue weighted by Gasteiger charge is 2.14. The molecule has 98 valence electrons. The highest BCUT2D eigenvalue weighted by molar-refractivity contribution is 5.23. The van der Waals surface area contributed by atoms with Crippen molar-refractivity contribution in [1.82, 2.24) is 15.5 Å². The largest absolute Gasteiger partial charge is 0.407 e. The molecule has 0 aliphatic heterocycles. The molecule has 1 aromatic heterocycles. The molecule has 0 saturated heterocycles. The average molecular weight is 242 g/mol. The lowest BCUT2D eigenvalue weighted by Crippen LogP contribution is -2.28. The summed E-state index contributed by atoms with van der Waals surface area (Å²) in [6.45, 7) is 6.28. The molecule has 17 heavy (non-hydrogen) atoms. The van der Waals surface area contributed by atoms with Crippen LogP contribution in [-0.2, 0) is 11.3 Å². The molecule has 0 radical (unpaired) electrons. The van der Waals surface area contributed by atoms with Gasteiger partial charge in [-0.25, -0.2) is 0 Å². The van der Waals surface area contributed by atoms with E-state index in [1.54, 1.807) is 7.11 Å². The van der Waals surface area contributed by atoms with Gasteiger partial charge >= 0.3 is 6.01 Å². The average Bonchev–Trinajstić information content (AvgIpc) is 2.81. The molecule has 1 heterocycles. The van der Waals surface area contributed by atoms with E-state index in [2.05, 4.69) is 29.4 Å². The second kappa shape index (κ2) is 7.24. The van der Waals surface area contributed by atoms with E-state index in [0.717, 1.165) is 13.0 Å². The van der Waals surface area contributed by atoms with Gasteiger partial charge in [0.25, 0.3) is 0 Å². The number of methoxy groups -OCH3 is 1. The fourth-order valence-corrected chi connectivity index (χ4v) is 1.29. The van der Waals surface area contributed by atoms with Crippen molar-refractivity contribution in [2.24, 2.45) is 0 Å². The quantitative estimate of drug-likeness (QED) is 0.687. The molecule has 1 aromatic rings. The standard InChI is InChI=1S/C11H22N4O2/c1-5-9(2)15(3)11-14-13-10(17-11)8-12-6-7-16-4/h9,12H,5-8H2,1-4H3. The van der Waals surface area contributed by atoms with Crippen molar-refractivity contribution in [3.8, 4) is 0 Å². The molecule has 0 fully saturated rings. The Morgan fingerprint density at radius 1 is 1.47 bits per heavy atom. The fraction of sp³-hybridized carbons (Fsp3) is 0.818. The molecule has 1 N–H and O–H groups in total. The molecule has 1 unspecified atom stereocenters. The van der Waals surface area contributed by atoms with Gasteiger partial charge in [0.1, 0.15) is 0 Å². The Balaban J connectivity index is 2.42. The summed E-state index contributed by atoms with van der Waals surface area (Å²) in [5.41, 5.74) is 0. The molecule has 1 rings (SSSR count). The molecule has 6 heteroatoms. The van der Waals surface area contributed by atoms with Crippen LogP contribution in [0.15, 0.2) is 4.42 Å². The first-order valence-electron chi connectivity index (χ1n) is 5.93. The van der Waals surface area contributed by atoms with Crippen molar-refractivity contribution in [3.05, 3.63) is 5.89 Å². The second-order valence-electron chi connectivity index (χ2n) is 4.02. The Kier molecular flexibility index (Phi) is 5.93. The zero-order valence-electron chi connectivity index (χ0n) is 11.1. The van der Waals surface area contributed by atoms with Crippen molar-refractivity contribution in [2.75, 3.05) is 32.2 Å². The number of aromatic nitrogens is 2. The Hall–Kier alpha value is -1.14. The lowest BCUT2D eigenvalue weighted by atomic mass is 10.2. The van der Waals surface area contributed by atoms with E-state index in [-0.39, 0.29) is 0 Å². The van der Waals surface area contributed by atoms with Crippen LogP contribution in [0.3, 0.4) is 0 Å². The van der Waals surface area contributed by atoms with Crippen LogP contribution in [0, 0.1) is 0 Å². The van der Waals surface area contributed by atoms with Gasteiger partial charge in [0.2, 0.25) is 5.89 Å². The summed E-state index contributed by atoms with van der Waals surface area (Å²) in [7, 11) is 3.64. The number of hydrogen-bond acceptors (Lipinski definition) is 6. The lowest BCUT2D eigenvalue weighted by Gasteiger charge is -2.20. The summed E-state index contributed by atoms with van der Waals surface area (Å²) in [6.07, 6.45) is 1.04. The minimum atomic E-state index is 0.393. The van der Waals surface area contributed by atoms with Gasteiger partial charge in [-0.2, -0.15) is 0 Å². The summed E-state index contributed by atoms with van der Waals surface area (Å²) in [5.74, 6) is 0.603. The summed E-state index contributed by atoms with van der Waals surface area (Å²) < 4.78 is 10.5. The molecule has 0 spiro atoms. The van der Waals surface area contributed by atoms with Crippen LogP contribution in [0.2, 0.25) is 0 Å². The highest BCUT2D eigenvalue weighted by Crippen LogP contribution is 2.14. The van der Waals surface area contributed by atoms with Gasteiger partial charge in [-0.15, -0.1) is 5.10 Å². The molecular weight excluding hydrogens is 220 g/mol.